The van der Waals surface area contributed by atoms with Crippen molar-refractivity contribution in [2.45, 2.75) is 166 Å². The lowest BCUT2D eigenvalue weighted by molar-refractivity contribution is -0.145. The number of carboxylic acid groups (broad SMARTS) is 5. The number of hydrogen-bond acceptors (Lipinski definition) is 15. The van der Waals surface area contributed by atoms with Crippen LogP contribution in [0.2, 0.25) is 0 Å². The molecule has 0 aromatic carbocycles. The van der Waals surface area contributed by atoms with Gasteiger partial charge in [0.25, 0.3) is 0 Å². The number of thioether (sulfide) groups is 1. The van der Waals surface area contributed by atoms with E-state index in [1.54, 1.807) is 34.0 Å². The molecule has 0 aromatic heterocycles. The highest BCUT2D eigenvalue weighted by Crippen LogP contribution is 2.21. The van der Waals surface area contributed by atoms with Crippen LogP contribution in [0.1, 0.15) is 112 Å². The molecule has 0 aliphatic carbocycles. The molecule has 1 aliphatic rings. The maximum Gasteiger partial charge on any atom is 0.326 e. The minimum atomic E-state index is -1.96. The molecule has 28 heteroatoms. The molecule has 14 N–H and O–H groups in total. The first-order chi connectivity index (χ1) is 33.6. The number of aliphatic carboxylic acids is 5. The minimum absolute atomic E-state index is 0.0139. The van der Waals surface area contributed by atoms with Crippen LogP contribution < -0.4 is 43.0 Å². The lowest BCUT2D eigenvalue weighted by Gasteiger charge is -2.31. The highest BCUT2D eigenvalue weighted by Gasteiger charge is 2.41. The minimum Gasteiger partial charge on any atom is -0.481 e. The maximum absolute atomic E-state index is 14.2. The van der Waals surface area contributed by atoms with Gasteiger partial charge in [0.15, 0.2) is 0 Å². The topological polar surface area (TPSA) is 437 Å². The molecule has 1 heterocycles. The SMILES string of the molecule is CSCC[C@H](NC(=O)[C@H](CC(C)C)NC(=O)[C@H](CC(C)C)NC(=O)[C@@H]1CCCN1C(=O)[C@H](CCC(=O)O)NC(=O)[C@H](CC(=O)O)NC(=O)[C@H](CCC(=O)O)NC(=O)[C@H](C)N)C(=O)N[C@@H](CCC(=O)O)C(=O)O. The summed E-state index contributed by atoms with van der Waals surface area (Å²) in [5, 5.41) is 63.7. The molecule has 1 saturated heterocycles. The van der Waals surface area contributed by atoms with E-state index in [2.05, 4.69) is 37.2 Å². The van der Waals surface area contributed by atoms with Gasteiger partial charge in [-0.15, -0.1) is 0 Å². The summed E-state index contributed by atoms with van der Waals surface area (Å²) in [7, 11) is 0. The number of nitrogens with one attached hydrogen (secondary N) is 7. The molecule has 72 heavy (non-hydrogen) atoms. The first kappa shape index (κ1) is 63.4. The highest BCUT2D eigenvalue weighted by atomic mass is 32.2. The van der Waals surface area contributed by atoms with Crippen LogP contribution in [0.4, 0.5) is 0 Å². The van der Waals surface area contributed by atoms with Crippen molar-refractivity contribution in [2.24, 2.45) is 17.6 Å². The first-order valence-electron chi connectivity index (χ1n) is 23.4. The third kappa shape index (κ3) is 23.6. The van der Waals surface area contributed by atoms with E-state index in [-0.39, 0.29) is 50.5 Å². The molecule has 1 rings (SSSR count). The number of nitrogens with zero attached hydrogens (tertiary/aromatic N) is 1. The van der Waals surface area contributed by atoms with Gasteiger partial charge in [0, 0.05) is 25.8 Å². The van der Waals surface area contributed by atoms with Crippen LogP contribution >= 0.6 is 11.8 Å². The number of carbonyl (C=O) groups excluding carboxylic acids is 8. The number of likely N-dealkylation sites (tertiary alicyclic amines) is 1. The number of carbonyl (C=O) groups is 13. The lowest BCUT2D eigenvalue weighted by atomic mass is 9.99. The van der Waals surface area contributed by atoms with Crippen molar-refractivity contribution in [1.29, 1.82) is 0 Å². The Morgan fingerprint density at radius 1 is 0.514 bits per heavy atom. The molecule has 0 unspecified atom stereocenters. The summed E-state index contributed by atoms with van der Waals surface area (Å²) in [5.41, 5.74) is 5.56. The highest BCUT2D eigenvalue weighted by molar-refractivity contribution is 7.98. The Labute approximate surface area is 420 Å². The molecule has 0 saturated carbocycles. The standard InChI is InChI=1S/C44H71N9O18S/c1-21(2)18-28(39(65)47-25(15-17-72-6)38(64)49-27(44(70)71)11-14-34(58)59)50-40(66)29(19-22(3)4)52-42(68)31-8-7-16-53(31)43(69)26(10-13-33(56)57)48-41(67)30(20-35(60)61)51-37(63)24(9-12-32(54)55)46-36(62)23(5)45/h21-31H,7-20,45H2,1-6H3,(H,46,62)(H,47,65)(H,48,67)(H,49,64)(H,50,66)(H,51,63)(H,52,68)(H,54,55)(H,56,57)(H,58,59)(H,60,61)(H,70,71)/t23-,24-,25-,26-,27-,28-,29-,30-,31-/m0/s1. The Kier molecular flexibility index (Phi) is 27.9. The van der Waals surface area contributed by atoms with Crippen molar-refractivity contribution in [3.8, 4) is 0 Å². The summed E-state index contributed by atoms with van der Waals surface area (Å²) in [6.07, 6.45) is -2.43. The van der Waals surface area contributed by atoms with E-state index in [1.165, 1.54) is 18.7 Å². The summed E-state index contributed by atoms with van der Waals surface area (Å²) in [6, 6.07) is -13.2. The average Bonchev–Trinajstić information content (AvgIpc) is 3.77. The molecule has 1 fully saturated rings. The zero-order chi connectivity index (χ0) is 55.0. The smallest absolute Gasteiger partial charge is 0.326 e. The fourth-order valence-electron chi connectivity index (χ4n) is 7.32. The van der Waals surface area contributed by atoms with Gasteiger partial charge in [0.05, 0.1) is 12.5 Å². The van der Waals surface area contributed by atoms with E-state index in [4.69, 9.17) is 15.9 Å². The molecule has 0 aromatic rings. The Morgan fingerprint density at radius 3 is 1.36 bits per heavy atom. The molecular weight excluding hydrogens is 975 g/mol. The quantitative estimate of drug-likeness (QED) is 0.0323. The van der Waals surface area contributed by atoms with Crippen LogP contribution in [-0.4, -0.2) is 180 Å². The molecule has 0 spiro atoms. The summed E-state index contributed by atoms with van der Waals surface area (Å²) in [4.78, 5) is 168. The van der Waals surface area contributed by atoms with Gasteiger partial charge in [-0.05, 0) is 82.1 Å². The zero-order valence-electron chi connectivity index (χ0n) is 41.2. The number of nitrogens with two attached hydrogens (primary N) is 1. The van der Waals surface area contributed by atoms with Crippen molar-refractivity contribution in [1.82, 2.24) is 42.1 Å². The third-order valence-electron chi connectivity index (χ3n) is 11.0. The van der Waals surface area contributed by atoms with Crippen molar-refractivity contribution >= 4 is 88.9 Å². The van der Waals surface area contributed by atoms with Gasteiger partial charge in [-0.25, -0.2) is 4.79 Å². The van der Waals surface area contributed by atoms with Crippen molar-refractivity contribution in [3.05, 3.63) is 0 Å². The fraction of sp³-hybridized carbons (Fsp3) is 0.705. The van der Waals surface area contributed by atoms with E-state index >= 15 is 0 Å². The van der Waals surface area contributed by atoms with Gasteiger partial charge < -0.3 is 73.4 Å². The third-order valence-corrected chi connectivity index (χ3v) is 11.6. The lowest BCUT2D eigenvalue weighted by Crippen LogP contribution is -2.60. The largest absolute Gasteiger partial charge is 0.481 e. The van der Waals surface area contributed by atoms with Crippen LogP contribution in [0.3, 0.4) is 0 Å². The summed E-state index contributed by atoms with van der Waals surface area (Å²) < 4.78 is 0. The van der Waals surface area contributed by atoms with Crippen LogP contribution in [0, 0.1) is 11.8 Å². The van der Waals surface area contributed by atoms with E-state index in [1.807, 2.05) is 0 Å². The molecule has 27 nitrogen and oxygen atoms in total. The second kappa shape index (κ2) is 31.7. The number of hydrogen-bond donors (Lipinski definition) is 13. The van der Waals surface area contributed by atoms with Gasteiger partial charge in [-0.3, -0.25) is 57.5 Å². The van der Waals surface area contributed by atoms with Crippen molar-refractivity contribution in [2.75, 3.05) is 18.6 Å². The molecular formula is C44H71N9O18S. The summed E-state index contributed by atoms with van der Waals surface area (Å²) in [5.74, 6) is -14.9. The van der Waals surface area contributed by atoms with E-state index in [0.29, 0.717) is 5.75 Å². The predicted octanol–water partition coefficient (Wildman–Crippen LogP) is -2.28. The van der Waals surface area contributed by atoms with Gasteiger partial charge in [-0.1, -0.05) is 27.7 Å². The maximum atomic E-state index is 14.2. The molecule has 406 valence electrons. The molecule has 0 radical (unpaired) electrons. The van der Waals surface area contributed by atoms with Gasteiger partial charge >= 0.3 is 29.8 Å². The number of carboxylic acids is 5. The van der Waals surface area contributed by atoms with Crippen LogP contribution in [0.25, 0.3) is 0 Å². The van der Waals surface area contributed by atoms with Crippen molar-refractivity contribution < 1.29 is 87.9 Å². The van der Waals surface area contributed by atoms with Crippen LogP contribution in [-0.2, 0) is 62.3 Å². The van der Waals surface area contributed by atoms with Gasteiger partial charge in [-0.2, -0.15) is 11.8 Å². The predicted molar refractivity (Wildman–Crippen MR) is 254 cm³/mol. The Morgan fingerprint density at radius 2 is 0.903 bits per heavy atom. The molecule has 8 amide bonds. The number of amides is 8. The molecule has 1 aliphatic heterocycles. The molecule has 9 atom stereocenters. The normalized spacial score (nSPS) is 16.6. The first-order valence-corrected chi connectivity index (χ1v) is 24.7. The monoisotopic (exact) mass is 1050 g/mol. The Balaban J connectivity index is 3.44. The van der Waals surface area contributed by atoms with Crippen molar-refractivity contribution in [3.63, 3.8) is 0 Å². The van der Waals surface area contributed by atoms with E-state index < -0.39 is 176 Å². The zero-order valence-corrected chi connectivity index (χ0v) is 42.0. The van der Waals surface area contributed by atoms with Crippen LogP contribution in [0.15, 0.2) is 0 Å². The fourth-order valence-corrected chi connectivity index (χ4v) is 7.79. The summed E-state index contributed by atoms with van der Waals surface area (Å²) >= 11 is 1.33. The Bertz CT molecular complexity index is 1970. The number of rotatable bonds is 34. The van der Waals surface area contributed by atoms with Gasteiger partial charge in [0.1, 0.15) is 48.3 Å². The van der Waals surface area contributed by atoms with E-state index in [0.717, 1.165) is 4.90 Å². The second-order valence-electron chi connectivity index (χ2n) is 18.2. The average molecular weight is 1050 g/mol. The Hall–Kier alpha value is -6.58. The second-order valence-corrected chi connectivity index (χ2v) is 19.2. The van der Waals surface area contributed by atoms with Gasteiger partial charge in [0.2, 0.25) is 47.3 Å². The summed E-state index contributed by atoms with van der Waals surface area (Å²) in [6.45, 7) is 8.18. The van der Waals surface area contributed by atoms with E-state index in [9.17, 15) is 77.6 Å². The van der Waals surface area contributed by atoms with Crippen LogP contribution in [0.5, 0.6) is 0 Å². The molecule has 0 bridgehead atoms.